The predicted molar refractivity (Wildman–Crippen MR) is 42.4 cm³/mol. The van der Waals surface area contributed by atoms with Crippen LogP contribution in [0.2, 0.25) is 0 Å². The summed E-state index contributed by atoms with van der Waals surface area (Å²) in [5.74, 6) is -0.912. The molecule has 1 aromatic rings. The Morgan fingerprint density at radius 3 is 2.46 bits per heavy atom. The first-order valence-corrected chi connectivity index (χ1v) is 4.70. The molecule has 6 heteroatoms. The molecule has 0 atom stereocenters. The molecular weight excluding hydrogens is 197 g/mol. The van der Waals surface area contributed by atoms with Crippen molar-refractivity contribution < 1.29 is 17.6 Å². The lowest BCUT2D eigenvalue weighted by Gasteiger charge is -2.01. The van der Waals surface area contributed by atoms with Crippen LogP contribution in [0.1, 0.15) is 0 Å². The average molecular weight is 202 g/mol. The van der Waals surface area contributed by atoms with Crippen molar-refractivity contribution in [2.24, 2.45) is 0 Å². The van der Waals surface area contributed by atoms with Gasteiger partial charge in [-0.05, 0) is 12.1 Å². The highest BCUT2D eigenvalue weighted by Gasteiger charge is 2.17. The molecule has 1 radical (unpaired) electrons. The summed E-state index contributed by atoms with van der Waals surface area (Å²) in [5, 5.41) is 0. The fourth-order valence-corrected chi connectivity index (χ4v) is 1.57. The molecule has 1 rings (SSSR count). The van der Waals surface area contributed by atoms with E-state index < -0.39 is 20.7 Å². The standard InChI is InChI=1S/C7H5FNO3S/c8-6-3-1-2-4-7(6)13(11,12)9-5-10/h1-4H,(H,9,10). The molecule has 0 aliphatic heterocycles. The number of halogens is 1. The van der Waals surface area contributed by atoms with Gasteiger partial charge in [-0.25, -0.2) is 17.5 Å². The molecule has 0 heterocycles. The predicted octanol–water partition coefficient (Wildman–Crippen LogP) is 0.171. The Bertz CT molecular complexity index is 416. The van der Waals surface area contributed by atoms with Gasteiger partial charge in [0.25, 0.3) is 10.0 Å². The van der Waals surface area contributed by atoms with Crippen molar-refractivity contribution in [3.63, 3.8) is 0 Å². The highest BCUT2D eigenvalue weighted by atomic mass is 32.2. The maximum atomic E-state index is 12.9. The number of sulfonamides is 1. The monoisotopic (exact) mass is 202 g/mol. The van der Waals surface area contributed by atoms with Gasteiger partial charge in [-0.3, -0.25) is 4.79 Å². The van der Waals surface area contributed by atoms with E-state index in [1.54, 1.807) is 0 Å². The third-order valence-electron chi connectivity index (χ3n) is 1.30. The summed E-state index contributed by atoms with van der Waals surface area (Å²) in [6.45, 7) is 0. The van der Waals surface area contributed by atoms with E-state index in [2.05, 4.69) is 0 Å². The Morgan fingerprint density at radius 1 is 1.31 bits per heavy atom. The van der Waals surface area contributed by atoms with E-state index in [-0.39, 0.29) is 0 Å². The molecule has 69 valence electrons. The third-order valence-corrected chi connectivity index (χ3v) is 2.56. The Labute approximate surface area is 74.4 Å². The number of rotatable bonds is 3. The largest absolute Gasteiger partial charge is 0.324 e. The molecule has 13 heavy (non-hydrogen) atoms. The van der Waals surface area contributed by atoms with Gasteiger partial charge in [0.1, 0.15) is 10.7 Å². The first-order valence-electron chi connectivity index (χ1n) is 3.21. The Morgan fingerprint density at radius 2 is 1.92 bits per heavy atom. The van der Waals surface area contributed by atoms with E-state index >= 15 is 0 Å². The maximum Gasteiger partial charge on any atom is 0.324 e. The molecule has 0 saturated carbocycles. The van der Waals surface area contributed by atoms with E-state index in [1.165, 1.54) is 16.9 Å². The molecule has 0 unspecified atom stereocenters. The molecule has 0 aliphatic rings. The Balaban J connectivity index is 3.22. The number of hydrogen-bond acceptors (Lipinski definition) is 3. The molecule has 0 aromatic heterocycles. The van der Waals surface area contributed by atoms with Crippen LogP contribution in [0.3, 0.4) is 0 Å². The van der Waals surface area contributed by atoms with Gasteiger partial charge in [0.15, 0.2) is 0 Å². The molecule has 1 N–H and O–H groups in total. The van der Waals surface area contributed by atoms with E-state index in [1.807, 2.05) is 0 Å². The van der Waals surface area contributed by atoms with Crippen molar-refractivity contribution in [1.29, 1.82) is 0 Å². The van der Waals surface area contributed by atoms with Gasteiger partial charge in [0, 0.05) is 0 Å². The summed E-state index contributed by atoms with van der Waals surface area (Å²) in [6, 6.07) is 4.73. The van der Waals surface area contributed by atoms with Gasteiger partial charge >= 0.3 is 6.41 Å². The van der Waals surface area contributed by atoms with Crippen LogP contribution in [-0.4, -0.2) is 14.8 Å². The van der Waals surface area contributed by atoms with Crippen LogP contribution < -0.4 is 4.72 Å². The lowest BCUT2D eigenvalue weighted by molar-refractivity contribution is 0.543. The SMILES string of the molecule is O=[C]NS(=O)(=O)c1ccccc1F. The average Bonchev–Trinajstić information content (AvgIpc) is 2.04. The molecule has 1 amide bonds. The first-order chi connectivity index (χ1) is 6.08. The summed E-state index contributed by atoms with van der Waals surface area (Å²) in [5.41, 5.74) is 0. The summed E-state index contributed by atoms with van der Waals surface area (Å²) < 4.78 is 36.3. The molecule has 0 spiro atoms. The zero-order valence-corrected chi connectivity index (χ0v) is 7.14. The second kappa shape index (κ2) is 3.53. The van der Waals surface area contributed by atoms with Crippen LogP contribution in [0.4, 0.5) is 4.39 Å². The molecule has 0 saturated heterocycles. The number of benzene rings is 1. The summed E-state index contributed by atoms with van der Waals surface area (Å²) >= 11 is 0. The molecule has 0 aliphatic carbocycles. The summed E-state index contributed by atoms with van der Waals surface area (Å²) in [6.07, 6.45) is 0.979. The van der Waals surface area contributed by atoms with E-state index in [0.29, 0.717) is 0 Å². The minimum absolute atomic E-state index is 0.571. The fourth-order valence-electron chi connectivity index (χ4n) is 0.773. The van der Waals surface area contributed by atoms with Gasteiger partial charge in [-0.2, -0.15) is 0 Å². The molecular formula is C7H5FNO3S. The second-order valence-corrected chi connectivity index (χ2v) is 3.79. The van der Waals surface area contributed by atoms with E-state index in [4.69, 9.17) is 0 Å². The van der Waals surface area contributed by atoms with Crippen molar-refractivity contribution in [3.8, 4) is 0 Å². The molecule has 0 fully saturated rings. The van der Waals surface area contributed by atoms with E-state index in [0.717, 1.165) is 18.5 Å². The van der Waals surface area contributed by atoms with E-state index in [9.17, 15) is 17.6 Å². The highest BCUT2D eigenvalue weighted by Crippen LogP contribution is 2.11. The van der Waals surface area contributed by atoms with Gasteiger partial charge in [-0.15, -0.1) is 0 Å². The number of nitrogens with one attached hydrogen (secondary N) is 1. The van der Waals surface area contributed by atoms with Crippen LogP contribution in [0, 0.1) is 5.82 Å². The van der Waals surface area contributed by atoms with Gasteiger partial charge in [-0.1, -0.05) is 12.1 Å². The molecule has 1 aromatic carbocycles. The maximum absolute atomic E-state index is 12.9. The number of amides is 1. The number of hydrogen-bond donors (Lipinski definition) is 1. The second-order valence-electron chi connectivity index (χ2n) is 2.14. The number of carbonyl (C=O) groups excluding carboxylic acids is 1. The summed E-state index contributed by atoms with van der Waals surface area (Å²) in [4.78, 5) is 9.20. The van der Waals surface area contributed by atoms with Gasteiger partial charge in [0.05, 0.1) is 0 Å². The lowest BCUT2D eigenvalue weighted by atomic mass is 10.4. The highest BCUT2D eigenvalue weighted by molar-refractivity contribution is 7.90. The van der Waals surface area contributed by atoms with Crippen LogP contribution in [0.15, 0.2) is 29.2 Å². The van der Waals surface area contributed by atoms with Crippen molar-refractivity contribution in [2.75, 3.05) is 0 Å². The van der Waals surface area contributed by atoms with Gasteiger partial charge < -0.3 is 0 Å². The van der Waals surface area contributed by atoms with Crippen LogP contribution in [0.5, 0.6) is 0 Å². The fraction of sp³-hybridized carbons (Fsp3) is 0. The van der Waals surface area contributed by atoms with Crippen molar-refractivity contribution in [1.82, 2.24) is 4.72 Å². The van der Waals surface area contributed by atoms with Crippen molar-refractivity contribution >= 4 is 16.4 Å². The van der Waals surface area contributed by atoms with Crippen LogP contribution in [-0.2, 0) is 14.8 Å². The Kier molecular flexibility index (Phi) is 2.62. The minimum Gasteiger partial charge on any atom is -0.262 e. The topological polar surface area (TPSA) is 63.2 Å². The third kappa shape index (κ3) is 2.03. The zero-order chi connectivity index (χ0) is 9.90. The van der Waals surface area contributed by atoms with Gasteiger partial charge in [0.2, 0.25) is 0 Å². The van der Waals surface area contributed by atoms with Crippen LogP contribution >= 0.6 is 0 Å². The molecule has 4 nitrogen and oxygen atoms in total. The van der Waals surface area contributed by atoms with Crippen LogP contribution in [0.25, 0.3) is 0 Å². The molecule has 0 bridgehead atoms. The zero-order valence-electron chi connectivity index (χ0n) is 6.32. The Hall–Kier alpha value is -1.43. The lowest BCUT2D eigenvalue weighted by Crippen LogP contribution is -2.22. The quantitative estimate of drug-likeness (QED) is 0.711. The van der Waals surface area contributed by atoms with Crippen molar-refractivity contribution in [3.05, 3.63) is 30.1 Å². The van der Waals surface area contributed by atoms with Crippen molar-refractivity contribution in [2.45, 2.75) is 4.90 Å². The summed E-state index contributed by atoms with van der Waals surface area (Å²) in [7, 11) is -4.09. The first kappa shape index (κ1) is 9.66. The minimum atomic E-state index is -4.09. The smallest absolute Gasteiger partial charge is 0.262 e. The normalized spacial score (nSPS) is 10.8.